The van der Waals surface area contributed by atoms with Gasteiger partial charge in [0.05, 0.1) is 15.5 Å². The van der Waals surface area contributed by atoms with Crippen LogP contribution in [0.1, 0.15) is 16.8 Å². The smallest absolute Gasteiger partial charge is 0.354 e. The molecule has 26 heavy (non-hydrogen) atoms. The number of ether oxygens (including phenoxy) is 1. The van der Waals surface area contributed by atoms with Gasteiger partial charge >= 0.3 is 5.69 Å². The largest absolute Gasteiger partial charge is 0.385 e. The number of nitrogens with zero attached hydrogens (tertiary/aromatic N) is 3. The average Bonchev–Trinajstić information content (AvgIpc) is 2.63. The summed E-state index contributed by atoms with van der Waals surface area (Å²) in [5.41, 5.74) is 4.62. The predicted molar refractivity (Wildman–Crippen MR) is 96.2 cm³/mol. The Morgan fingerprint density at radius 1 is 1.31 bits per heavy atom. The van der Waals surface area contributed by atoms with Crippen molar-refractivity contribution in [3.63, 3.8) is 0 Å². The summed E-state index contributed by atoms with van der Waals surface area (Å²) in [4.78, 5) is 30.6. The van der Waals surface area contributed by atoms with Crippen molar-refractivity contribution in [2.75, 3.05) is 31.0 Å². The van der Waals surface area contributed by atoms with Gasteiger partial charge in [-0.15, -0.1) is 0 Å². The topological polar surface area (TPSA) is 131 Å². The molecule has 3 N–H and O–H groups in total. The normalized spacial score (nSPS) is 10.2. The minimum Gasteiger partial charge on any atom is -0.385 e. The van der Waals surface area contributed by atoms with Crippen LogP contribution in [0.4, 0.5) is 17.3 Å². The summed E-state index contributed by atoms with van der Waals surface area (Å²) in [6.07, 6.45) is 1.79. The fourth-order valence-electron chi connectivity index (χ4n) is 2.02. The fraction of sp³-hybridized carbons (Fsp3) is 0.267. The maximum atomic E-state index is 12.1. The zero-order valence-corrected chi connectivity index (χ0v) is 14.6. The first-order valence-corrected chi connectivity index (χ1v) is 7.95. The average molecular weight is 381 g/mol. The monoisotopic (exact) mass is 380 g/mol. The lowest BCUT2D eigenvalue weighted by atomic mass is 10.2. The quantitative estimate of drug-likeness (QED) is 0.343. The Bertz CT molecular complexity index is 788. The van der Waals surface area contributed by atoms with Crippen molar-refractivity contribution < 1.29 is 14.5 Å². The van der Waals surface area contributed by atoms with Gasteiger partial charge in [0.2, 0.25) is 11.6 Å². The highest BCUT2D eigenvalue weighted by atomic mass is 35.5. The number of anilines is 2. The van der Waals surface area contributed by atoms with E-state index in [0.29, 0.717) is 19.6 Å². The summed E-state index contributed by atoms with van der Waals surface area (Å²) in [6.45, 7) is 0.933. The third kappa shape index (κ3) is 5.01. The van der Waals surface area contributed by atoms with Crippen LogP contribution in [-0.4, -0.2) is 41.1 Å². The SMILES string of the molecule is COCCCNc1ncnc(NNC(=O)c2ccccc2Cl)c1[N+](=O)[O-]. The van der Waals surface area contributed by atoms with Gasteiger partial charge in [0.1, 0.15) is 6.33 Å². The number of carbonyl (C=O) groups excluding carboxylic acids is 1. The highest BCUT2D eigenvalue weighted by Gasteiger charge is 2.23. The van der Waals surface area contributed by atoms with Crippen LogP contribution in [-0.2, 0) is 4.74 Å². The molecule has 0 spiro atoms. The number of halogens is 1. The van der Waals surface area contributed by atoms with E-state index < -0.39 is 10.8 Å². The van der Waals surface area contributed by atoms with Gasteiger partial charge in [0.25, 0.3) is 5.91 Å². The molecule has 1 amide bonds. The molecule has 0 unspecified atom stereocenters. The van der Waals surface area contributed by atoms with E-state index >= 15 is 0 Å². The van der Waals surface area contributed by atoms with E-state index in [1.807, 2.05) is 0 Å². The van der Waals surface area contributed by atoms with Gasteiger partial charge in [-0.2, -0.15) is 0 Å². The predicted octanol–water partition coefficient (Wildman–Crippen LogP) is 2.24. The summed E-state index contributed by atoms with van der Waals surface area (Å²) >= 11 is 5.95. The third-order valence-electron chi connectivity index (χ3n) is 3.24. The first kappa shape index (κ1) is 19.3. The van der Waals surface area contributed by atoms with Crippen molar-refractivity contribution in [1.82, 2.24) is 15.4 Å². The number of amides is 1. The van der Waals surface area contributed by atoms with Crippen molar-refractivity contribution in [3.8, 4) is 0 Å². The van der Waals surface area contributed by atoms with E-state index in [9.17, 15) is 14.9 Å². The fourth-order valence-corrected chi connectivity index (χ4v) is 2.25. The number of carbonyl (C=O) groups is 1. The molecule has 0 saturated carbocycles. The lowest BCUT2D eigenvalue weighted by Crippen LogP contribution is -2.30. The lowest BCUT2D eigenvalue weighted by molar-refractivity contribution is -0.383. The Hall–Kier alpha value is -2.98. The molecule has 0 radical (unpaired) electrons. The van der Waals surface area contributed by atoms with Gasteiger partial charge in [-0.3, -0.25) is 25.8 Å². The van der Waals surface area contributed by atoms with E-state index in [4.69, 9.17) is 16.3 Å². The summed E-state index contributed by atoms with van der Waals surface area (Å²) in [5, 5.41) is 14.5. The van der Waals surface area contributed by atoms with Gasteiger partial charge in [-0.05, 0) is 18.6 Å². The minimum atomic E-state index is -0.636. The van der Waals surface area contributed by atoms with Crippen molar-refractivity contribution in [2.24, 2.45) is 0 Å². The molecule has 11 heteroatoms. The molecule has 0 atom stereocenters. The molecule has 2 rings (SSSR count). The second-order valence-corrected chi connectivity index (χ2v) is 5.42. The second-order valence-electron chi connectivity index (χ2n) is 5.01. The lowest BCUT2D eigenvalue weighted by Gasteiger charge is -2.11. The van der Waals surface area contributed by atoms with E-state index in [1.54, 1.807) is 25.3 Å². The summed E-state index contributed by atoms with van der Waals surface area (Å²) in [6, 6.07) is 6.42. The van der Waals surface area contributed by atoms with Crippen LogP contribution >= 0.6 is 11.6 Å². The van der Waals surface area contributed by atoms with Crippen LogP contribution < -0.4 is 16.2 Å². The molecule has 1 aromatic heterocycles. The maximum Gasteiger partial charge on any atom is 0.354 e. The molecule has 0 aliphatic carbocycles. The Kier molecular flexibility index (Phi) is 7.06. The van der Waals surface area contributed by atoms with E-state index in [2.05, 4.69) is 26.1 Å². The Morgan fingerprint density at radius 2 is 2.04 bits per heavy atom. The number of aromatic nitrogens is 2. The third-order valence-corrected chi connectivity index (χ3v) is 3.57. The van der Waals surface area contributed by atoms with Crippen LogP contribution in [0.25, 0.3) is 0 Å². The Morgan fingerprint density at radius 3 is 2.73 bits per heavy atom. The molecular formula is C15H17ClN6O4. The molecule has 10 nitrogen and oxygen atoms in total. The van der Waals surface area contributed by atoms with Crippen LogP contribution in [0.2, 0.25) is 5.02 Å². The second kappa shape index (κ2) is 9.49. The zero-order chi connectivity index (χ0) is 18.9. The van der Waals surface area contributed by atoms with Gasteiger partial charge in [-0.25, -0.2) is 9.97 Å². The van der Waals surface area contributed by atoms with Crippen LogP contribution in [0.3, 0.4) is 0 Å². The van der Waals surface area contributed by atoms with E-state index in [0.717, 1.165) is 6.33 Å². The Balaban J connectivity index is 2.12. The number of hydrogen-bond acceptors (Lipinski definition) is 8. The molecule has 0 aliphatic rings. The van der Waals surface area contributed by atoms with Gasteiger partial charge in [-0.1, -0.05) is 23.7 Å². The van der Waals surface area contributed by atoms with Crippen molar-refractivity contribution in [3.05, 3.63) is 51.3 Å². The first-order valence-electron chi connectivity index (χ1n) is 7.57. The summed E-state index contributed by atoms with van der Waals surface area (Å²) in [7, 11) is 1.57. The van der Waals surface area contributed by atoms with E-state index in [1.165, 1.54) is 6.07 Å². The number of nitrogens with one attached hydrogen (secondary N) is 3. The minimum absolute atomic E-state index is 0.0376. The van der Waals surface area contributed by atoms with Gasteiger partial charge in [0, 0.05) is 20.3 Å². The first-order chi connectivity index (χ1) is 12.5. The summed E-state index contributed by atoms with van der Waals surface area (Å²) in [5.74, 6) is -0.673. The molecule has 1 aromatic carbocycles. The Labute approximate surface area is 154 Å². The molecule has 138 valence electrons. The van der Waals surface area contributed by atoms with Gasteiger partial charge in [0.15, 0.2) is 0 Å². The molecule has 0 aliphatic heterocycles. The number of nitro groups is 1. The number of hydrogen-bond donors (Lipinski definition) is 3. The molecule has 2 aromatic rings. The van der Waals surface area contributed by atoms with Gasteiger partial charge < -0.3 is 10.1 Å². The molecule has 0 bridgehead atoms. The van der Waals surface area contributed by atoms with Crippen LogP contribution in [0, 0.1) is 10.1 Å². The van der Waals surface area contributed by atoms with E-state index in [-0.39, 0.29) is 27.9 Å². The number of hydrazine groups is 1. The maximum absolute atomic E-state index is 12.1. The molecular weight excluding hydrogens is 364 g/mol. The van der Waals surface area contributed by atoms with Crippen LogP contribution in [0.15, 0.2) is 30.6 Å². The molecule has 0 saturated heterocycles. The van der Waals surface area contributed by atoms with Crippen molar-refractivity contribution in [2.45, 2.75) is 6.42 Å². The standard InChI is InChI=1S/C15H17ClN6O4/c1-26-8-4-7-17-13-12(22(24)25)14(19-9-18-13)20-21-15(23)10-5-2-3-6-11(10)16/h2-3,5-6,9H,4,7-8H2,1H3,(H,21,23)(H2,17,18,19,20). The molecule has 0 fully saturated rings. The number of benzene rings is 1. The van der Waals surface area contributed by atoms with Crippen LogP contribution in [0.5, 0.6) is 0 Å². The van der Waals surface area contributed by atoms with Crippen molar-refractivity contribution >= 4 is 34.8 Å². The van der Waals surface area contributed by atoms with Crippen molar-refractivity contribution in [1.29, 1.82) is 0 Å². The highest BCUT2D eigenvalue weighted by molar-refractivity contribution is 6.33. The summed E-state index contributed by atoms with van der Waals surface area (Å²) < 4.78 is 4.92. The highest BCUT2D eigenvalue weighted by Crippen LogP contribution is 2.28. The number of methoxy groups -OCH3 is 1. The zero-order valence-electron chi connectivity index (χ0n) is 13.9. The molecule has 1 heterocycles. The number of rotatable bonds is 9.